The van der Waals surface area contributed by atoms with Crippen LogP contribution in [-0.2, 0) is 26.7 Å². The fourth-order valence-electron chi connectivity index (χ4n) is 4.35. The second kappa shape index (κ2) is 8.78. The van der Waals surface area contributed by atoms with Gasteiger partial charge < -0.3 is 9.64 Å². The molecule has 0 spiro atoms. The summed E-state index contributed by atoms with van der Waals surface area (Å²) in [6.07, 6.45) is -11.3. The van der Waals surface area contributed by atoms with Crippen LogP contribution in [0.25, 0.3) is 0 Å². The zero-order valence-corrected chi connectivity index (χ0v) is 18.1. The average molecular weight is 501 g/mol. The Morgan fingerprint density at radius 3 is 2.06 bits per heavy atom. The van der Waals surface area contributed by atoms with Crippen LogP contribution in [0.5, 0.6) is 0 Å². The third kappa shape index (κ3) is 5.09. The minimum Gasteiger partial charge on any atom is -0.368 e. The largest absolute Gasteiger partial charge is 0.416 e. The summed E-state index contributed by atoms with van der Waals surface area (Å²) in [5, 5.41) is 0. The van der Waals surface area contributed by atoms with Crippen molar-refractivity contribution >= 4 is 11.7 Å². The van der Waals surface area contributed by atoms with Crippen molar-refractivity contribution in [2.24, 2.45) is 0 Å². The van der Waals surface area contributed by atoms with Crippen molar-refractivity contribution < 1.29 is 45.1 Å². The summed E-state index contributed by atoms with van der Waals surface area (Å²) in [5.41, 5.74) is -2.54. The van der Waals surface area contributed by atoms with Crippen molar-refractivity contribution in [3.05, 3.63) is 82.3 Å². The van der Waals surface area contributed by atoms with Crippen molar-refractivity contribution in [2.45, 2.75) is 43.8 Å². The first-order chi connectivity index (χ1) is 16.2. The first-order valence-electron chi connectivity index (χ1n) is 10.5. The van der Waals surface area contributed by atoms with Gasteiger partial charge in [0.15, 0.2) is 5.78 Å². The number of amides is 1. The van der Waals surface area contributed by atoms with E-state index in [1.807, 2.05) is 0 Å². The van der Waals surface area contributed by atoms with Crippen LogP contribution in [0.15, 0.2) is 54.2 Å². The lowest BCUT2D eigenvalue weighted by Gasteiger charge is -2.25. The van der Waals surface area contributed by atoms with E-state index in [-0.39, 0.29) is 30.3 Å². The molecule has 11 heteroatoms. The molecule has 0 aromatic heterocycles. The Morgan fingerprint density at radius 1 is 0.943 bits per heavy atom. The number of fused-ring (bicyclic) bond motifs is 1. The Labute approximate surface area is 195 Å². The topological polar surface area (TPSA) is 46.6 Å². The Balaban J connectivity index is 1.71. The van der Waals surface area contributed by atoms with Gasteiger partial charge in [-0.05, 0) is 48.4 Å². The number of nitrogens with zero attached hydrogens (tertiary/aromatic N) is 1. The standard InChI is InChI=1S/C24H18F7NO3/c1-12(14-6-15(23(26,27)28)8-16(7-14)24(29,30)31)35-20-11-32-19(9-18(33)10-21(32)34)22(20)13-2-4-17(25)5-3-13/h2-9,12,20,22H,10-11H2,1H3/t12-,20+,22+/m1/s1. The summed E-state index contributed by atoms with van der Waals surface area (Å²) >= 11 is 0. The van der Waals surface area contributed by atoms with E-state index in [2.05, 4.69) is 0 Å². The molecule has 2 aromatic rings. The second-order valence-electron chi connectivity index (χ2n) is 8.40. The minimum absolute atomic E-state index is 0.0302. The quantitative estimate of drug-likeness (QED) is 0.394. The minimum atomic E-state index is -5.02. The molecule has 0 bridgehead atoms. The first-order valence-corrected chi connectivity index (χ1v) is 10.5. The predicted octanol–water partition coefficient (Wildman–Crippen LogP) is 5.79. The van der Waals surface area contributed by atoms with Crippen molar-refractivity contribution in [1.82, 2.24) is 4.90 Å². The number of halogens is 7. The number of carbonyl (C=O) groups excluding carboxylic acids is 2. The zero-order chi connectivity index (χ0) is 25.7. The lowest BCUT2D eigenvalue weighted by atomic mass is 9.91. The van der Waals surface area contributed by atoms with Crippen molar-refractivity contribution in [2.75, 3.05) is 6.54 Å². The van der Waals surface area contributed by atoms with Gasteiger partial charge in [-0.3, -0.25) is 9.59 Å². The highest BCUT2D eigenvalue weighted by Gasteiger charge is 2.45. The molecule has 4 nitrogen and oxygen atoms in total. The molecule has 1 amide bonds. The van der Waals surface area contributed by atoms with Gasteiger partial charge in [-0.15, -0.1) is 0 Å². The first kappa shape index (κ1) is 24.9. The van der Waals surface area contributed by atoms with Crippen LogP contribution in [0.4, 0.5) is 30.7 Å². The summed E-state index contributed by atoms with van der Waals surface area (Å²) in [4.78, 5) is 25.8. The van der Waals surface area contributed by atoms with Crippen LogP contribution < -0.4 is 0 Å². The third-order valence-electron chi connectivity index (χ3n) is 5.99. The molecule has 2 aliphatic rings. The van der Waals surface area contributed by atoms with Crippen LogP contribution >= 0.6 is 0 Å². The van der Waals surface area contributed by atoms with Gasteiger partial charge in [-0.1, -0.05) is 12.1 Å². The number of ether oxygens (including phenoxy) is 1. The molecule has 186 valence electrons. The monoisotopic (exact) mass is 501 g/mol. The highest BCUT2D eigenvalue weighted by Crippen LogP contribution is 2.43. The third-order valence-corrected chi connectivity index (χ3v) is 5.99. The number of hydrogen-bond acceptors (Lipinski definition) is 3. The molecule has 0 saturated carbocycles. The number of ketones is 1. The van der Waals surface area contributed by atoms with Crippen molar-refractivity contribution in [3.63, 3.8) is 0 Å². The fraction of sp³-hybridized carbons (Fsp3) is 0.333. The second-order valence-corrected chi connectivity index (χ2v) is 8.40. The van der Waals surface area contributed by atoms with Gasteiger partial charge in [-0.2, -0.15) is 26.3 Å². The zero-order valence-electron chi connectivity index (χ0n) is 18.1. The molecule has 3 atom stereocenters. The fourth-order valence-corrected chi connectivity index (χ4v) is 4.35. The molecule has 2 aliphatic heterocycles. The van der Waals surface area contributed by atoms with Gasteiger partial charge in [-0.25, -0.2) is 4.39 Å². The van der Waals surface area contributed by atoms with Crippen LogP contribution in [0.3, 0.4) is 0 Å². The van der Waals surface area contributed by atoms with E-state index in [0.717, 1.165) is 12.1 Å². The Bertz CT molecular complexity index is 1150. The molecule has 2 heterocycles. The molecule has 0 radical (unpaired) electrons. The molecule has 0 aliphatic carbocycles. The molecule has 0 unspecified atom stereocenters. The van der Waals surface area contributed by atoms with Crippen molar-refractivity contribution in [1.29, 1.82) is 0 Å². The van der Waals surface area contributed by atoms with Crippen LogP contribution in [0.1, 0.15) is 47.6 Å². The van der Waals surface area contributed by atoms with Gasteiger partial charge in [0.1, 0.15) is 5.82 Å². The number of rotatable bonds is 4. The van der Waals surface area contributed by atoms with Gasteiger partial charge in [0.2, 0.25) is 5.91 Å². The highest BCUT2D eigenvalue weighted by atomic mass is 19.4. The number of carbonyl (C=O) groups is 2. The predicted molar refractivity (Wildman–Crippen MR) is 108 cm³/mol. The molecular weight excluding hydrogens is 483 g/mol. The van der Waals surface area contributed by atoms with Crippen LogP contribution in [0, 0.1) is 5.82 Å². The maximum atomic E-state index is 13.5. The molecule has 2 aromatic carbocycles. The van der Waals surface area contributed by atoms with E-state index < -0.39 is 59.1 Å². The van der Waals surface area contributed by atoms with E-state index in [0.29, 0.717) is 17.7 Å². The highest BCUT2D eigenvalue weighted by molar-refractivity contribution is 6.07. The normalized spacial score (nSPS) is 21.7. The number of benzene rings is 2. The van der Waals surface area contributed by atoms with Crippen LogP contribution in [-0.4, -0.2) is 29.2 Å². The van der Waals surface area contributed by atoms with Gasteiger partial charge in [0, 0.05) is 11.8 Å². The van der Waals surface area contributed by atoms with Crippen LogP contribution in [0.2, 0.25) is 0 Å². The molecule has 0 N–H and O–H groups in total. The van der Waals surface area contributed by atoms with Gasteiger partial charge >= 0.3 is 12.4 Å². The molecule has 4 rings (SSSR count). The summed E-state index contributed by atoms with van der Waals surface area (Å²) < 4.78 is 99.1. The average Bonchev–Trinajstić information content (AvgIpc) is 3.11. The summed E-state index contributed by atoms with van der Waals surface area (Å²) in [6, 6.07) is 6.36. The smallest absolute Gasteiger partial charge is 0.368 e. The maximum Gasteiger partial charge on any atom is 0.416 e. The van der Waals surface area contributed by atoms with Crippen molar-refractivity contribution in [3.8, 4) is 0 Å². The molecule has 1 fully saturated rings. The van der Waals surface area contributed by atoms with E-state index in [4.69, 9.17) is 4.74 Å². The lowest BCUT2D eigenvalue weighted by Crippen LogP contribution is -2.33. The van der Waals surface area contributed by atoms with E-state index in [9.17, 15) is 40.3 Å². The Hall–Kier alpha value is -3.21. The van der Waals surface area contributed by atoms with E-state index >= 15 is 0 Å². The Morgan fingerprint density at radius 2 is 1.51 bits per heavy atom. The molecule has 1 saturated heterocycles. The number of hydrogen-bond donors (Lipinski definition) is 0. The molecule has 35 heavy (non-hydrogen) atoms. The lowest BCUT2D eigenvalue weighted by molar-refractivity contribution is -0.143. The summed E-state index contributed by atoms with van der Waals surface area (Å²) in [6.45, 7) is 1.23. The summed E-state index contributed by atoms with van der Waals surface area (Å²) in [7, 11) is 0. The van der Waals surface area contributed by atoms with Gasteiger partial charge in [0.25, 0.3) is 0 Å². The summed E-state index contributed by atoms with van der Waals surface area (Å²) in [5.74, 6) is -2.26. The Kier molecular flexibility index (Phi) is 6.25. The van der Waals surface area contributed by atoms with Gasteiger partial charge in [0.05, 0.1) is 42.2 Å². The SMILES string of the molecule is C[C@@H](O[C@H]1CN2C(=O)CC(=O)C=C2[C@@H]1c1ccc(F)cc1)c1cc(C(F)(F)F)cc(C(F)(F)F)c1. The number of allylic oxidation sites excluding steroid dienone is 1. The maximum absolute atomic E-state index is 13.5. The van der Waals surface area contributed by atoms with E-state index in [1.165, 1.54) is 30.0 Å². The number of alkyl halides is 6. The van der Waals surface area contributed by atoms with E-state index in [1.54, 1.807) is 0 Å². The molecular formula is C24H18F7NO3.